The molecule has 6 heteroatoms. The summed E-state index contributed by atoms with van der Waals surface area (Å²) in [4.78, 5) is 40.9. The summed E-state index contributed by atoms with van der Waals surface area (Å²) < 4.78 is 0. The van der Waals surface area contributed by atoms with Gasteiger partial charge in [-0.05, 0) is 56.0 Å². The minimum absolute atomic E-state index is 0.0751. The normalized spacial score (nSPS) is 17.4. The Morgan fingerprint density at radius 3 is 2.18 bits per heavy atom. The van der Waals surface area contributed by atoms with Gasteiger partial charge in [0.15, 0.2) is 5.78 Å². The predicted molar refractivity (Wildman–Crippen MR) is 131 cm³/mol. The van der Waals surface area contributed by atoms with Crippen LogP contribution in [0.15, 0.2) is 60.8 Å². The average Bonchev–Trinajstić information content (AvgIpc) is 3.29. The standard InChI is InChI=1S/C28H28N2O4/c1-17-12-18(2)14-19(13-17)15-26(31)30-22-9-6-20(7-10-22)21-8-11-25(29-16-21)27(32)23-4-3-5-24(23)28(33)34/h6-14,16,23-24H,3-5,15H2,1-2H3,(H,30,31)(H,33,34)/t23-,24-/m0/s1. The van der Waals surface area contributed by atoms with Gasteiger partial charge in [-0.25, -0.2) is 0 Å². The van der Waals surface area contributed by atoms with E-state index in [1.165, 1.54) is 0 Å². The second kappa shape index (κ2) is 10.00. The molecule has 174 valence electrons. The molecule has 1 aromatic heterocycles. The number of nitrogens with zero attached hydrogens (tertiary/aromatic N) is 1. The lowest BCUT2D eigenvalue weighted by Crippen LogP contribution is -2.25. The Bertz CT molecular complexity index is 1200. The van der Waals surface area contributed by atoms with Crippen LogP contribution in [0, 0.1) is 25.7 Å². The van der Waals surface area contributed by atoms with Gasteiger partial charge in [-0.3, -0.25) is 19.4 Å². The fraction of sp³-hybridized carbons (Fsp3) is 0.286. The number of carbonyl (C=O) groups is 3. The highest BCUT2D eigenvalue weighted by Gasteiger charge is 2.38. The molecule has 0 aliphatic heterocycles. The summed E-state index contributed by atoms with van der Waals surface area (Å²) in [6.07, 6.45) is 3.82. The topological polar surface area (TPSA) is 96.4 Å². The Balaban J connectivity index is 1.39. The molecule has 3 aromatic rings. The molecule has 1 aliphatic carbocycles. The highest BCUT2D eigenvalue weighted by molar-refractivity contribution is 5.99. The summed E-state index contributed by atoms with van der Waals surface area (Å²) in [7, 11) is 0. The number of aryl methyl sites for hydroxylation is 2. The monoisotopic (exact) mass is 456 g/mol. The van der Waals surface area contributed by atoms with E-state index in [1.807, 2.05) is 56.3 Å². The molecular formula is C28H28N2O4. The van der Waals surface area contributed by atoms with Crippen LogP contribution in [0.2, 0.25) is 0 Å². The number of ketones is 1. The second-order valence-electron chi connectivity index (χ2n) is 9.08. The molecule has 0 bridgehead atoms. The van der Waals surface area contributed by atoms with Gasteiger partial charge in [0.25, 0.3) is 0 Å². The number of rotatable bonds is 7. The van der Waals surface area contributed by atoms with Crippen LogP contribution in [0.4, 0.5) is 5.69 Å². The Kier molecular flexibility index (Phi) is 6.87. The third kappa shape index (κ3) is 5.39. The number of nitrogens with one attached hydrogen (secondary N) is 1. The van der Waals surface area contributed by atoms with Crippen molar-refractivity contribution in [2.75, 3.05) is 5.32 Å². The molecule has 34 heavy (non-hydrogen) atoms. The molecule has 1 heterocycles. The van der Waals surface area contributed by atoms with Crippen LogP contribution in [0.1, 0.15) is 46.4 Å². The molecule has 6 nitrogen and oxygen atoms in total. The fourth-order valence-electron chi connectivity index (χ4n) is 4.78. The number of carboxylic acid groups (broad SMARTS) is 1. The smallest absolute Gasteiger partial charge is 0.307 e. The van der Waals surface area contributed by atoms with E-state index in [-0.39, 0.29) is 11.7 Å². The highest BCUT2D eigenvalue weighted by Crippen LogP contribution is 2.34. The number of amides is 1. The van der Waals surface area contributed by atoms with E-state index < -0.39 is 17.8 Å². The van der Waals surface area contributed by atoms with Gasteiger partial charge in [-0.2, -0.15) is 0 Å². The van der Waals surface area contributed by atoms with Crippen molar-refractivity contribution >= 4 is 23.3 Å². The SMILES string of the molecule is Cc1cc(C)cc(CC(=O)Nc2ccc(-c3ccc(C(=O)[C@H]4CCC[C@@H]4C(=O)O)nc3)cc2)c1. The molecule has 0 radical (unpaired) electrons. The van der Waals surface area contributed by atoms with Crippen molar-refractivity contribution in [3.05, 3.63) is 83.2 Å². The average molecular weight is 457 g/mol. The first-order chi connectivity index (χ1) is 16.3. The van der Waals surface area contributed by atoms with Crippen LogP contribution in [-0.4, -0.2) is 27.8 Å². The van der Waals surface area contributed by atoms with Crippen LogP contribution >= 0.6 is 0 Å². The van der Waals surface area contributed by atoms with Crippen molar-refractivity contribution in [2.45, 2.75) is 39.5 Å². The van der Waals surface area contributed by atoms with E-state index in [9.17, 15) is 19.5 Å². The van der Waals surface area contributed by atoms with E-state index in [4.69, 9.17) is 0 Å². The Hall–Kier alpha value is -3.80. The van der Waals surface area contributed by atoms with Gasteiger partial charge in [0.2, 0.25) is 5.91 Å². The molecule has 2 N–H and O–H groups in total. The second-order valence-corrected chi connectivity index (χ2v) is 9.08. The summed E-state index contributed by atoms with van der Waals surface area (Å²) in [5.41, 5.74) is 6.02. The molecule has 4 rings (SSSR count). The third-order valence-corrected chi connectivity index (χ3v) is 6.33. The molecule has 1 aliphatic rings. The van der Waals surface area contributed by atoms with Crippen molar-refractivity contribution in [3.63, 3.8) is 0 Å². The number of carboxylic acids is 1. The van der Waals surface area contributed by atoms with Gasteiger partial charge in [-0.1, -0.05) is 53.9 Å². The molecule has 1 saturated carbocycles. The molecule has 2 aromatic carbocycles. The van der Waals surface area contributed by atoms with Crippen LogP contribution < -0.4 is 5.32 Å². The maximum Gasteiger partial charge on any atom is 0.307 e. The number of Topliss-reactive ketones (excluding diaryl/α,β-unsaturated/α-hetero) is 1. The lowest BCUT2D eigenvalue weighted by atomic mass is 9.90. The van der Waals surface area contributed by atoms with Crippen LogP contribution in [-0.2, 0) is 16.0 Å². The van der Waals surface area contributed by atoms with Crippen molar-refractivity contribution < 1.29 is 19.5 Å². The zero-order chi connectivity index (χ0) is 24.2. The molecule has 1 fully saturated rings. The van der Waals surface area contributed by atoms with E-state index in [1.54, 1.807) is 12.3 Å². The maximum atomic E-state index is 12.8. The summed E-state index contributed by atoms with van der Waals surface area (Å²) >= 11 is 0. The van der Waals surface area contributed by atoms with Crippen molar-refractivity contribution in [1.29, 1.82) is 0 Å². The maximum absolute atomic E-state index is 12.8. The molecule has 2 atom stereocenters. The lowest BCUT2D eigenvalue weighted by molar-refractivity contribution is -0.142. The largest absolute Gasteiger partial charge is 0.481 e. The van der Waals surface area contributed by atoms with Crippen LogP contribution in [0.5, 0.6) is 0 Å². The predicted octanol–water partition coefficient (Wildman–Crippen LogP) is 5.23. The molecule has 0 unspecified atom stereocenters. The first kappa shape index (κ1) is 23.4. The van der Waals surface area contributed by atoms with E-state index in [0.29, 0.717) is 30.6 Å². The molecule has 0 saturated heterocycles. The number of aliphatic carboxylic acids is 1. The van der Waals surface area contributed by atoms with Crippen molar-refractivity contribution in [2.24, 2.45) is 11.8 Å². The minimum Gasteiger partial charge on any atom is -0.481 e. The fourth-order valence-corrected chi connectivity index (χ4v) is 4.78. The van der Waals surface area contributed by atoms with Gasteiger partial charge in [0, 0.05) is 23.4 Å². The summed E-state index contributed by atoms with van der Waals surface area (Å²) in [6.45, 7) is 4.04. The molecule has 0 spiro atoms. The van der Waals surface area contributed by atoms with E-state index in [2.05, 4.69) is 16.4 Å². The van der Waals surface area contributed by atoms with Crippen molar-refractivity contribution in [1.82, 2.24) is 4.98 Å². The zero-order valence-corrected chi connectivity index (χ0v) is 19.4. The summed E-state index contributed by atoms with van der Waals surface area (Å²) in [6, 6.07) is 17.1. The number of carbonyl (C=O) groups excluding carboxylic acids is 2. The number of benzene rings is 2. The third-order valence-electron chi connectivity index (χ3n) is 6.33. The Morgan fingerprint density at radius 1 is 0.912 bits per heavy atom. The number of hydrogen-bond acceptors (Lipinski definition) is 4. The number of anilines is 1. The van der Waals surface area contributed by atoms with Gasteiger partial charge in [0.05, 0.1) is 12.3 Å². The van der Waals surface area contributed by atoms with Crippen molar-refractivity contribution in [3.8, 4) is 11.1 Å². The van der Waals surface area contributed by atoms with Gasteiger partial charge in [0.1, 0.15) is 5.69 Å². The van der Waals surface area contributed by atoms with Gasteiger partial charge >= 0.3 is 5.97 Å². The molecular weight excluding hydrogens is 428 g/mol. The molecule has 1 amide bonds. The quantitative estimate of drug-likeness (QED) is 0.475. The van der Waals surface area contributed by atoms with Crippen LogP contribution in [0.3, 0.4) is 0 Å². The first-order valence-corrected chi connectivity index (χ1v) is 11.5. The Morgan fingerprint density at radius 2 is 1.56 bits per heavy atom. The van der Waals surface area contributed by atoms with E-state index in [0.717, 1.165) is 34.2 Å². The number of pyridine rings is 1. The summed E-state index contributed by atoms with van der Waals surface area (Å²) in [5, 5.41) is 12.3. The van der Waals surface area contributed by atoms with E-state index >= 15 is 0 Å². The summed E-state index contributed by atoms with van der Waals surface area (Å²) in [5.74, 6) is -2.30. The lowest BCUT2D eigenvalue weighted by Gasteiger charge is -2.14. The minimum atomic E-state index is -0.909. The van der Waals surface area contributed by atoms with Crippen LogP contribution in [0.25, 0.3) is 11.1 Å². The first-order valence-electron chi connectivity index (χ1n) is 11.5. The van der Waals surface area contributed by atoms with Gasteiger partial charge in [-0.15, -0.1) is 0 Å². The number of hydrogen-bond donors (Lipinski definition) is 2. The zero-order valence-electron chi connectivity index (χ0n) is 19.4. The van der Waals surface area contributed by atoms with Gasteiger partial charge < -0.3 is 10.4 Å². The number of aromatic nitrogens is 1. The highest BCUT2D eigenvalue weighted by atomic mass is 16.4. The Labute approximate surface area is 199 Å².